The minimum Gasteiger partial charge on any atom is -0.481 e. The lowest BCUT2D eigenvalue weighted by Crippen LogP contribution is -2.60. The molecule has 0 saturated carbocycles. The molecule has 2 saturated heterocycles. The van der Waals surface area contributed by atoms with Gasteiger partial charge in [0, 0.05) is 70.0 Å². The number of hydrogen-bond donors (Lipinski definition) is 18. The van der Waals surface area contributed by atoms with Crippen molar-refractivity contribution in [1.82, 2.24) is 74.6 Å². The Morgan fingerprint density at radius 1 is 0.453 bits per heavy atom. The van der Waals surface area contributed by atoms with E-state index in [0.29, 0.717) is 58.4 Å². The number of ether oxygens (including phenoxy) is 10. The van der Waals surface area contributed by atoms with Crippen LogP contribution in [0.1, 0.15) is 44.1 Å². The number of nitrogens with two attached hydrogens (primary N) is 3. The third-order valence-corrected chi connectivity index (χ3v) is 19.0. The Kier molecular flexibility index (Phi) is 56.9. The zero-order valence-corrected chi connectivity index (χ0v) is 67.9. The van der Waals surface area contributed by atoms with E-state index in [1.807, 2.05) is 0 Å². The van der Waals surface area contributed by atoms with Crippen LogP contribution < -0.4 is 91.8 Å². The predicted molar refractivity (Wildman–Crippen MR) is 422 cm³/mol. The lowest BCUT2D eigenvalue weighted by molar-refractivity contribution is -0.141. The number of unbranched alkanes of at least 4 members (excludes halogenated alkanes) is 1. The molecule has 0 aromatic heterocycles. The fourth-order valence-electron chi connectivity index (χ4n) is 9.87. The molecular weight excluding hydrogens is 1610 g/mol. The van der Waals surface area contributed by atoms with Gasteiger partial charge in [-0.3, -0.25) is 81.7 Å². The van der Waals surface area contributed by atoms with Crippen molar-refractivity contribution < 1.29 is 129 Å². The topological polar surface area (TPSA) is 637 Å². The number of carbonyl (C=O) groups is 15. The smallest absolute Gasteiger partial charge is 0.305 e. The number of thioether (sulfide) groups is 1. The number of nitrogens with zero attached hydrogens (tertiary/aromatic N) is 1. The summed E-state index contributed by atoms with van der Waals surface area (Å²) in [4.78, 5) is 209. The van der Waals surface area contributed by atoms with Gasteiger partial charge in [0.15, 0.2) is 5.96 Å². The van der Waals surface area contributed by atoms with E-state index in [-0.39, 0.29) is 173 Å². The summed E-state index contributed by atoms with van der Waals surface area (Å²) in [5, 5.41) is 43.4. The van der Waals surface area contributed by atoms with Crippen molar-refractivity contribution in [2.45, 2.75) is 87.2 Å². The Balaban J connectivity index is 1.74. The predicted octanol–water partition coefficient (Wildman–Crippen LogP) is -9.04. The molecule has 2 aliphatic heterocycles. The van der Waals surface area contributed by atoms with Gasteiger partial charge in [-0.05, 0) is 37.7 Å². The Hall–Kier alpha value is -8.89. The van der Waals surface area contributed by atoms with Gasteiger partial charge in [0.2, 0.25) is 82.7 Å². The molecule has 660 valence electrons. The number of primary amides is 1. The maximum absolute atomic E-state index is 14.7. The van der Waals surface area contributed by atoms with Crippen LogP contribution in [0.15, 0.2) is 35.3 Å². The Bertz CT molecular complexity index is 3220. The highest BCUT2D eigenvalue weighted by atomic mass is 33.1. The van der Waals surface area contributed by atoms with Crippen LogP contribution in [-0.2, 0) is 131 Å². The Morgan fingerprint density at radius 3 is 1.38 bits per heavy atom. The zero-order valence-electron chi connectivity index (χ0n) is 65.5. The van der Waals surface area contributed by atoms with Gasteiger partial charge in [0.1, 0.15) is 75.3 Å². The summed E-state index contributed by atoms with van der Waals surface area (Å²) >= 11 is 0.868. The summed E-state index contributed by atoms with van der Waals surface area (Å²) < 4.78 is 54.0. The average Bonchev–Trinajstić information content (AvgIpc) is 1.45. The second kappa shape index (κ2) is 65.1. The number of carboxylic acids is 1. The molecule has 14 amide bonds. The summed E-state index contributed by atoms with van der Waals surface area (Å²) in [6, 6.07) is -2.46. The van der Waals surface area contributed by atoms with Crippen LogP contribution in [-0.4, -0.2) is 357 Å². The number of hydrogen-bond acceptors (Lipinski definition) is 31. The zero-order chi connectivity index (χ0) is 85.5. The number of rotatable bonds is 55. The largest absolute Gasteiger partial charge is 0.481 e. The summed E-state index contributed by atoms with van der Waals surface area (Å²) in [6.07, 6.45) is -1.02. The van der Waals surface area contributed by atoms with Crippen LogP contribution in [0.4, 0.5) is 0 Å². The molecule has 117 heavy (non-hydrogen) atoms. The fourth-order valence-corrected chi connectivity index (χ4v) is 13.1. The van der Waals surface area contributed by atoms with Crippen molar-refractivity contribution in [2.24, 2.45) is 22.2 Å². The van der Waals surface area contributed by atoms with E-state index < -0.39 is 164 Å². The maximum Gasteiger partial charge on any atom is 0.305 e. The van der Waals surface area contributed by atoms with E-state index in [9.17, 15) is 77.0 Å². The molecule has 3 rings (SSSR count). The molecule has 2 bridgehead atoms. The molecule has 48 heteroatoms. The second-order valence-electron chi connectivity index (χ2n) is 25.1. The molecular formula is C69H114N18O27S3. The molecule has 0 spiro atoms. The summed E-state index contributed by atoms with van der Waals surface area (Å²) in [5.41, 5.74) is 19.0. The monoisotopic (exact) mass is 1720 g/mol. The number of amides is 14. The van der Waals surface area contributed by atoms with Crippen LogP contribution in [0, 0.1) is 0 Å². The number of guanidine groups is 1. The second-order valence-corrected chi connectivity index (χ2v) is 28.7. The molecule has 0 unspecified atom stereocenters. The third-order valence-electron chi connectivity index (χ3n) is 15.6. The van der Waals surface area contributed by atoms with E-state index in [1.165, 1.54) is 0 Å². The molecule has 21 N–H and O–H groups in total. The van der Waals surface area contributed by atoms with Crippen molar-refractivity contribution in [1.29, 1.82) is 0 Å². The van der Waals surface area contributed by atoms with Gasteiger partial charge in [-0.2, -0.15) is 0 Å². The van der Waals surface area contributed by atoms with Crippen molar-refractivity contribution in [3.8, 4) is 0 Å². The van der Waals surface area contributed by atoms with Crippen LogP contribution in [0.25, 0.3) is 0 Å². The third kappa shape index (κ3) is 52.5. The molecule has 2 aliphatic rings. The first-order valence-corrected chi connectivity index (χ1v) is 41.3. The fraction of sp³-hybridized carbons (Fsp3) is 0.681. The van der Waals surface area contributed by atoms with Gasteiger partial charge in [-0.15, -0.1) is 11.8 Å². The average molecular weight is 1720 g/mol. The SMILES string of the molecule is CNOCC(=O)NCCOCCOCCOCCOCCOCCNC(=O)COCC(=O)NCCCC[C@@H]1NC(=O)CSC[C@@H](C(=O)NCCOCCOCCOCCNC(=O)COCC(N)=O)NC(=O)[C@H](Cc2ccccc2)NC(=O)[C@@H]2CSSC[C@H](NC1=O)C(=O)N[C@@H](CCCN=C(N)N)C(=O)NCC(=O)N[C@@H](CC(=O)O)C(=O)N2. The lowest BCUT2D eigenvalue weighted by Gasteiger charge is -2.27. The summed E-state index contributed by atoms with van der Waals surface area (Å²) in [5.74, 6) is -14.2. The van der Waals surface area contributed by atoms with Crippen molar-refractivity contribution in [2.75, 3.05) is 215 Å². The minimum atomic E-state index is -1.85. The van der Waals surface area contributed by atoms with Crippen LogP contribution in [0.5, 0.6) is 0 Å². The first-order chi connectivity index (χ1) is 56.4. The quantitative estimate of drug-likeness (QED) is 0.00947. The van der Waals surface area contributed by atoms with Crippen molar-refractivity contribution >= 4 is 128 Å². The number of aliphatic carboxylic acids is 1. The molecule has 2 fully saturated rings. The van der Waals surface area contributed by atoms with Crippen LogP contribution in [0.2, 0.25) is 0 Å². The molecule has 45 nitrogen and oxygen atoms in total. The highest BCUT2D eigenvalue weighted by molar-refractivity contribution is 8.76. The van der Waals surface area contributed by atoms with Crippen LogP contribution in [0.3, 0.4) is 0 Å². The van der Waals surface area contributed by atoms with E-state index in [4.69, 9.17) is 69.4 Å². The summed E-state index contributed by atoms with van der Waals surface area (Å²) in [6.45, 7) is 1.68. The van der Waals surface area contributed by atoms with Gasteiger partial charge in [-0.1, -0.05) is 51.9 Å². The van der Waals surface area contributed by atoms with Crippen molar-refractivity contribution in [3.05, 3.63) is 35.9 Å². The molecule has 7 atom stereocenters. The lowest BCUT2D eigenvalue weighted by atomic mass is 10.0. The standard InChI is InChI=1S/C69H114N18O27S3/c1-73-114-41-59(93)77-16-20-106-24-28-110-31-33-111-32-30-109-27-23-105-19-15-76-58(92)40-113-39-56(90)74-12-6-5-10-48-64(99)86-52-43-116-117-44-53(87-66(101)50(35-61(95)96)82-55(89)36-80-62(97)47(83-67(52)102)11-7-13-79-69(71)72)68(103)84-49(34-46-8-3-2-4-9-46)65(100)85-51(42-115-45-60(94)81-48)63(98)78-17-21-107-25-29-108-26-22-104-18-14-75-57(91)38-112-37-54(70)88/h2-4,8-9,47-53,73H,5-7,10-45H2,1H3,(H2,70,88)(H,74,90)(H,75,91)(H,76,92)(H,77,93)(H,78,98)(H,80,97)(H,81,94)(H,82,89)(H,83,102)(H,84,103)(H,85,100)(H,86,99)(H,87,101)(H,95,96)(H4,71,72,79)/t47-,48-,49-,50-,51-,52-,53-/m0/s1. The molecule has 1 aromatic rings. The number of fused-ring (bicyclic) bond motifs is 5. The number of aliphatic imine (C=N–C) groups is 1. The first kappa shape index (κ1) is 102. The van der Waals surface area contributed by atoms with E-state index in [2.05, 4.69) is 79.6 Å². The van der Waals surface area contributed by atoms with Crippen molar-refractivity contribution in [3.63, 3.8) is 0 Å². The number of hydroxylamine groups is 1. The highest BCUT2D eigenvalue weighted by Gasteiger charge is 2.36. The van der Waals surface area contributed by atoms with Gasteiger partial charge in [0.25, 0.3) is 0 Å². The molecule has 0 radical (unpaired) electrons. The highest BCUT2D eigenvalue weighted by Crippen LogP contribution is 2.24. The summed E-state index contributed by atoms with van der Waals surface area (Å²) in [7, 11) is 3.34. The van der Waals surface area contributed by atoms with Crippen LogP contribution >= 0.6 is 33.3 Å². The number of carbonyl (C=O) groups excluding carboxylic acids is 14. The number of benzene rings is 1. The normalized spacial score (nSPS) is 18.9. The van der Waals surface area contributed by atoms with Gasteiger partial charge in [0.05, 0.1) is 124 Å². The Morgan fingerprint density at radius 2 is 0.889 bits per heavy atom. The van der Waals surface area contributed by atoms with Gasteiger partial charge >= 0.3 is 5.97 Å². The molecule has 2 heterocycles. The van der Waals surface area contributed by atoms with E-state index in [1.54, 1.807) is 37.4 Å². The molecule has 1 aromatic carbocycles. The molecule has 0 aliphatic carbocycles. The minimum absolute atomic E-state index is 0.0183. The first-order valence-electron chi connectivity index (χ1n) is 37.6. The Labute approximate surface area is 688 Å². The van der Waals surface area contributed by atoms with Gasteiger partial charge in [-0.25, -0.2) is 5.48 Å². The van der Waals surface area contributed by atoms with E-state index >= 15 is 0 Å². The van der Waals surface area contributed by atoms with E-state index in [0.717, 1.165) is 33.3 Å². The van der Waals surface area contributed by atoms with Gasteiger partial charge < -0.3 is 139 Å². The number of nitrogens with one attached hydrogen (secondary N) is 14. The number of carboxylic acid groups (broad SMARTS) is 1. The maximum atomic E-state index is 14.7.